The second kappa shape index (κ2) is 4.57. The van der Waals surface area contributed by atoms with Crippen LogP contribution < -0.4 is 4.74 Å². The molecule has 0 unspecified atom stereocenters. The highest BCUT2D eigenvalue weighted by molar-refractivity contribution is 5.24. The van der Waals surface area contributed by atoms with E-state index in [-0.39, 0.29) is 19.0 Å². The lowest BCUT2D eigenvalue weighted by Crippen LogP contribution is -2.25. The quantitative estimate of drug-likeness (QED) is 0.837. The minimum Gasteiger partial charge on any atom is -0.490 e. The van der Waals surface area contributed by atoms with Crippen LogP contribution in [-0.2, 0) is 0 Å². The van der Waals surface area contributed by atoms with Crippen molar-refractivity contribution in [1.82, 2.24) is 0 Å². The summed E-state index contributed by atoms with van der Waals surface area (Å²) in [5.41, 5.74) is -0.444. The van der Waals surface area contributed by atoms with Gasteiger partial charge in [-0.2, -0.15) is 0 Å². The second-order valence-electron chi connectivity index (χ2n) is 4.19. The van der Waals surface area contributed by atoms with E-state index in [9.17, 15) is 8.78 Å². The second-order valence-corrected chi connectivity index (χ2v) is 4.19. The van der Waals surface area contributed by atoms with Gasteiger partial charge < -0.3 is 9.84 Å². The smallest absolute Gasteiger partial charge is 0.167 e. The van der Waals surface area contributed by atoms with Gasteiger partial charge in [0.2, 0.25) is 0 Å². The van der Waals surface area contributed by atoms with E-state index in [4.69, 9.17) is 9.84 Å². The van der Waals surface area contributed by atoms with E-state index >= 15 is 0 Å². The molecule has 0 aromatic heterocycles. The van der Waals surface area contributed by atoms with Crippen LogP contribution in [0.3, 0.4) is 0 Å². The van der Waals surface area contributed by atoms with Crippen LogP contribution in [0.4, 0.5) is 8.78 Å². The third-order valence-electron chi connectivity index (χ3n) is 1.94. The first-order valence-corrected chi connectivity index (χ1v) is 4.63. The van der Waals surface area contributed by atoms with Gasteiger partial charge in [-0.25, -0.2) is 8.78 Å². The van der Waals surface area contributed by atoms with Crippen molar-refractivity contribution in [2.24, 2.45) is 5.41 Å². The SMILES string of the molecule is CC(C)(CO)COc1ccc(F)cc1F. The van der Waals surface area contributed by atoms with Gasteiger partial charge in [0.1, 0.15) is 5.82 Å². The standard InChI is InChI=1S/C11H14F2O2/c1-11(2,6-14)7-15-10-4-3-8(12)5-9(10)13/h3-5,14H,6-7H2,1-2H3. The number of aliphatic hydroxyl groups is 1. The first-order valence-electron chi connectivity index (χ1n) is 4.63. The summed E-state index contributed by atoms with van der Waals surface area (Å²) in [5.74, 6) is -1.37. The van der Waals surface area contributed by atoms with Gasteiger partial charge in [0.25, 0.3) is 0 Å². The van der Waals surface area contributed by atoms with Gasteiger partial charge in [-0.05, 0) is 12.1 Å². The van der Waals surface area contributed by atoms with E-state index in [1.165, 1.54) is 6.07 Å². The molecule has 0 heterocycles. The summed E-state index contributed by atoms with van der Waals surface area (Å²) in [4.78, 5) is 0. The van der Waals surface area contributed by atoms with Gasteiger partial charge in [-0.3, -0.25) is 0 Å². The van der Waals surface area contributed by atoms with Gasteiger partial charge in [0.15, 0.2) is 11.6 Å². The lowest BCUT2D eigenvalue weighted by atomic mass is 9.96. The lowest BCUT2D eigenvalue weighted by Gasteiger charge is -2.21. The van der Waals surface area contributed by atoms with Crippen molar-refractivity contribution in [2.45, 2.75) is 13.8 Å². The van der Waals surface area contributed by atoms with Crippen LogP contribution in [0, 0.1) is 17.0 Å². The van der Waals surface area contributed by atoms with E-state index in [2.05, 4.69) is 0 Å². The number of halogens is 2. The Kier molecular flexibility index (Phi) is 3.63. The zero-order chi connectivity index (χ0) is 11.5. The number of rotatable bonds is 4. The number of hydrogen-bond acceptors (Lipinski definition) is 2. The van der Waals surface area contributed by atoms with Crippen LogP contribution in [0.2, 0.25) is 0 Å². The third kappa shape index (κ3) is 3.47. The average Bonchev–Trinajstić information content (AvgIpc) is 2.16. The third-order valence-corrected chi connectivity index (χ3v) is 1.94. The monoisotopic (exact) mass is 216 g/mol. The van der Waals surface area contributed by atoms with Crippen molar-refractivity contribution in [3.05, 3.63) is 29.8 Å². The summed E-state index contributed by atoms with van der Waals surface area (Å²) in [6.45, 7) is 3.69. The fraction of sp³-hybridized carbons (Fsp3) is 0.455. The van der Waals surface area contributed by atoms with Crippen LogP contribution in [0.15, 0.2) is 18.2 Å². The molecule has 0 spiro atoms. The molecule has 0 amide bonds. The van der Waals surface area contributed by atoms with E-state index in [1.54, 1.807) is 13.8 Å². The first kappa shape index (κ1) is 11.9. The molecule has 1 N–H and O–H groups in total. The summed E-state index contributed by atoms with van der Waals surface area (Å²) in [6.07, 6.45) is 0. The minimum absolute atomic E-state index is 0.00192. The van der Waals surface area contributed by atoms with Crippen LogP contribution in [0.5, 0.6) is 5.75 Å². The fourth-order valence-electron chi connectivity index (χ4n) is 0.911. The van der Waals surface area contributed by atoms with Gasteiger partial charge in [-0.15, -0.1) is 0 Å². The van der Waals surface area contributed by atoms with Gasteiger partial charge in [-0.1, -0.05) is 13.8 Å². The van der Waals surface area contributed by atoms with E-state index in [0.29, 0.717) is 0 Å². The molecule has 0 aliphatic carbocycles. The predicted octanol–water partition coefficient (Wildman–Crippen LogP) is 2.36. The fourth-order valence-corrected chi connectivity index (χ4v) is 0.911. The number of ether oxygens (including phenoxy) is 1. The molecule has 4 heteroatoms. The number of aliphatic hydroxyl groups excluding tert-OH is 1. The Labute approximate surface area is 87.5 Å². The molecular weight excluding hydrogens is 202 g/mol. The Morgan fingerprint density at radius 3 is 2.53 bits per heavy atom. The number of benzene rings is 1. The van der Waals surface area contributed by atoms with Gasteiger partial charge >= 0.3 is 0 Å². The Morgan fingerprint density at radius 2 is 2.00 bits per heavy atom. The summed E-state index contributed by atoms with van der Waals surface area (Å²) < 4.78 is 30.8. The molecule has 2 nitrogen and oxygen atoms in total. The average molecular weight is 216 g/mol. The van der Waals surface area contributed by atoms with Crippen molar-refractivity contribution in [3.63, 3.8) is 0 Å². The molecule has 84 valence electrons. The zero-order valence-corrected chi connectivity index (χ0v) is 8.76. The van der Waals surface area contributed by atoms with Crippen molar-refractivity contribution in [2.75, 3.05) is 13.2 Å². The highest BCUT2D eigenvalue weighted by atomic mass is 19.1. The molecule has 0 radical (unpaired) electrons. The van der Waals surface area contributed by atoms with E-state index in [1.807, 2.05) is 0 Å². The Morgan fingerprint density at radius 1 is 1.33 bits per heavy atom. The summed E-state index contributed by atoms with van der Waals surface area (Å²) >= 11 is 0. The topological polar surface area (TPSA) is 29.5 Å². The maximum atomic E-state index is 13.1. The van der Waals surface area contributed by atoms with Crippen LogP contribution in [0.25, 0.3) is 0 Å². The molecule has 1 aromatic rings. The minimum atomic E-state index is -0.733. The van der Waals surface area contributed by atoms with Crippen LogP contribution >= 0.6 is 0 Å². The molecule has 0 aliphatic heterocycles. The zero-order valence-electron chi connectivity index (χ0n) is 8.76. The van der Waals surface area contributed by atoms with E-state index < -0.39 is 17.0 Å². The molecule has 15 heavy (non-hydrogen) atoms. The van der Waals surface area contributed by atoms with Crippen molar-refractivity contribution < 1.29 is 18.6 Å². The molecule has 0 atom stereocenters. The maximum absolute atomic E-state index is 13.1. The van der Waals surface area contributed by atoms with Crippen molar-refractivity contribution >= 4 is 0 Å². The van der Waals surface area contributed by atoms with Crippen LogP contribution in [-0.4, -0.2) is 18.3 Å². The molecule has 0 saturated heterocycles. The summed E-state index contributed by atoms with van der Waals surface area (Å²) in [5, 5.41) is 8.95. The molecule has 0 saturated carbocycles. The van der Waals surface area contributed by atoms with Crippen molar-refractivity contribution in [3.8, 4) is 5.75 Å². The molecule has 1 aromatic carbocycles. The Bertz CT molecular complexity index is 337. The highest BCUT2D eigenvalue weighted by Gasteiger charge is 2.18. The number of hydrogen-bond donors (Lipinski definition) is 1. The predicted molar refractivity (Wildman–Crippen MR) is 52.7 cm³/mol. The molecule has 1 rings (SSSR count). The maximum Gasteiger partial charge on any atom is 0.167 e. The highest BCUT2D eigenvalue weighted by Crippen LogP contribution is 2.21. The Hall–Kier alpha value is -1.16. The van der Waals surface area contributed by atoms with Gasteiger partial charge in [0.05, 0.1) is 13.2 Å². The Balaban J connectivity index is 2.66. The molecule has 0 bridgehead atoms. The first-order chi connectivity index (χ1) is 6.94. The molecule has 0 fully saturated rings. The van der Waals surface area contributed by atoms with E-state index in [0.717, 1.165) is 12.1 Å². The summed E-state index contributed by atoms with van der Waals surface area (Å²) in [6, 6.07) is 3.13. The van der Waals surface area contributed by atoms with Crippen molar-refractivity contribution in [1.29, 1.82) is 0 Å². The summed E-state index contributed by atoms with van der Waals surface area (Å²) in [7, 11) is 0. The lowest BCUT2D eigenvalue weighted by molar-refractivity contribution is 0.0953. The van der Waals surface area contributed by atoms with Gasteiger partial charge in [0, 0.05) is 11.5 Å². The largest absolute Gasteiger partial charge is 0.490 e. The molecule has 0 aliphatic rings. The normalized spacial score (nSPS) is 11.5. The van der Waals surface area contributed by atoms with Crippen LogP contribution in [0.1, 0.15) is 13.8 Å². The molecular formula is C11H14F2O2.